The fraction of sp³-hybridized carbons (Fsp3) is 0. The Morgan fingerprint density at radius 1 is 1.75 bits per heavy atom. The second-order valence-electron chi connectivity index (χ2n) is 1.27. The van der Waals surface area contributed by atoms with Crippen molar-refractivity contribution < 1.29 is 4.79 Å². The van der Waals surface area contributed by atoms with E-state index in [1.807, 2.05) is 11.0 Å². The molecule has 3 heteroatoms. The molecule has 0 unspecified atom stereocenters. The van der Waals surface area contributed by atoms with Gasteiger partial charge in [-0.05, 0) is 0 Å². The van der Waals surface area contributed by atoms with E-state index in [4.69, 9.17) is 0 Å². The third kappa shape index (κ3) is 1.22. The summed E-state index contributed by atoms with van der Waals surface area (Å²) in [5, 5.41) is 2.55. The van der Waals surface area contributed by atoms with Gasteiger partial charge in [-0.25, -0.2) is 0 Å². The summed E-state index contributed by atoms with van der Waals surface area (Å²) in [6, 6.07) is 1.91. The van der Waals surface area contributed by atoms with Gasteiger partial charge in [-0.3, -0.25) is 0 Å². The predicted molar refractivity (Wildman–Crippen MR) is 33.1 cm³/mol. The van der Waals surface area contributed by atoms with Gasteiger partial charge in [0, 0.05) is 0 Å². The molecular formula is C5H5NOSe. The van der Waals surface area contributed by atoms with Crippen molar-refractivity contribution in [3.63, 3.8) is 0 Å². The first-order valence-corrected chi connectivity index (χ1v) is 4.13. The first-order valence-electron chi connectivity index (χ1n) is 2.16. The fourth-order valence-corrected chi connectivity index (χ4v) is 1.67. The number of nitrogens with one attached hydrogen (secondary N) is 1. The minimum absolute atomic E-state index is 0.478. The summed E-state index contributed by atoms with van der Waals surface area (Å²) in [4.78, 5) is 13.9. The van der Waals surface area contributed by atoms with Crippen molar-refractivity contribution in [1.29, 1.82) is 0 Å². The minimum atomic E-state index is 0.478. The Hall–Kier alpha value is -0.531. The van der Waals surface area contributed by atoms with Crippen LogP contribution in [-0.2, 0) is 4.79 Å². The number of anilines is 1. The number of rotatable bonds is 2. The molecule has 0 atom stereocenters. The monoisotopic (exact) mass is 175 g/mol. The molecule has 1 heterocycles. The van der Waals surface area contributed by atoms with Gasteiger partial charge in [0.15, 0.2) is 0 Å². The van der Waals surface area contributed by atoms with Gasteiger partial charge in [0.25, 0.3) is 0 Å². The maximum atomic E-state index is 9.78. The van der Waals surface area contributed by atoms with E-state index in [0.29, 0.717) is 20.9 Å². The van der Waals surface area contributed by atoms with Gasteiger partial charge in [0.1, 0.15) is 0 Å². The molecule has 0 saturated carbocycles. The Morgan fingerprint density at radius 3 is 3.12 bits per heavy atom. The predicted octanol–water partition coefficient (Wildman–Crippen LogP) is 0.312. The molecule has 0 saturated heterocycles. The molecule has 1 aromatic rings. The van der Waals surface area contributed by atoms with Crippen molar-refractivity contribution in [1.82, 2.24) is 0 Å². The summed E-state index contributed by atoms with van der Waals surface area (Å²) in [5.41, 5.74) is 0.931. The Balaban J connectivity index is 2.62. The van der Waals surface area contributed by atoms with E-state index in [-0.39, 0.29) is 0 Å². The summed E-state index contributed by atoms with van der Waals surface area (Å²) in [6.45, 7) is 0. The van der Waals surface area contributed by atoms with Crippen LogP contribution >= 0.6 is 0 Å². The standard InChI is InChI=1S/C5H5NOSe/c7-4-6-5-1-2-8-3-5/h1-4H,(H,6,7). The average molecular weight is 174 g/mol. The number of hydrogen-bond acceptors (Lipinski definition) is 1. The van der Waals surface area contributed by atoms with Crippen molar-refractivity contribution in [3.8, 4) is 0 Å². The molecule has 1 rings (SSSR count). The van der Waals surface area contributed by atoms with E-state index in [0.717, 1.165) is 5.69 Å². The molecule has 1 aromatic heterocycles. The van der Waals surface area contributed by atoms with Crippen LogP contribution < -0.4 is 5.32 Å². The summed E-state index contributed by atoms with van der Waals surface area (Å²) < 4.78 is 0. The Bertz CT molecular complexity index is 159. The molecule has 8 heavy (non-hydrogen) atoms. The average Bonchev–Trinajstić information content (AvgIpc) is 2.19. The first kappa shape index (κ1) is 5.60. The zero-order valence-electron chi connectivity index (χ0n) is 4.13. The Labute approximate surface area is 53.3 Å². The Kier molecular flexibility index (Phi) is 1.89. The van der Waals surface area contributed by atoms with Gasteiger partial charge in [0.05, 0.1) is 0 Å². The van der Waals surface area contributed by atoms with Crippen molar-refractivity contribution in [2.24, 2.45) is 0 Å². The van der Waals surface area contributed by atoms with Crippen LogP contribution in [0.1, 0.15) is 0 Å². The van der Waals surface area contributed by atoms with Crippen LogP contribution in [0.5, 0.6) is 0 Å². The number of carbonyl (C=O) groups excluding carboxylic acids is 1. The summed E-state index contributed by atoms with van der Waals surface area (Å²) in [7, 11) is 0. The quantitative estimate of drug-likeness (QED) is 0.507. The number of hydrogen-bond donors (Lipinski definition) is 1. The molecule has 0 bridgehead atoms. The van der Waals surface area contributed by atoms with Crippen LogP contribution in [0.2, 0.25) is 0 Å². The van der Waals surface area contributed by atoms with Gasteiger partial charge in [-0.1, -0.05) is 0 Å². The van der Waals surface area contributed by atoms with E-state index in [2.05, 4.69) is 10.3 Å². The van der Waals surface area contributed by atoms with Gasteiger partial charge in [0.2, 0.25) is 0 Å². The molecule has 0 fully saturated rings. The molecule has 1 N–H and O–H groups in total. The summed E-state index contributed by atoms with van der Waals surface area (Å²) >= 11 is 0.478. The van der Waals surface area contributed by atoms with Crippen molar-refractivity contribution in [3.05, 3.63) is 15.9 Å². The van der Waals surface area contributed by atoms with E-state index in [1.165, 1.54) is 0 Å². The molecule has 42 valence electrons. The van der Waals surface area contributed by atoms with Crippen molar-refractivity contribution >= 4 is 26.6 Å². The third-order valence-electron chi connectivity index (χ3n) is 0.747. The van der Waals surface area contributed by atoms with E-state index >= 15 is 0 Å². The summed E-state index contributed by atoms with van der Waals surface area (Å²) in [6.07, 6.45) is 0.692. The fourth-order valence-electron chi connectivity index (χ4n) is 0.415. The van der Waals surface area contributed by atoms with Gasteiger partial charge in [-0.15, -0.1) is 0 Å². The molecule has 0 aliphatic rings. The second kappa shape index (κ2) is 2.70. The molecule has 2 nitrogen and oxygen atoms in total. The van der Waals surface area contributed by atoms with Crippen LogP contribution in [-0.4, -0.2) is 20.9 Å². The van der Waals surface area contributed by atoms with Gasteiger partial charge < -0.3 is 0 Å². The summed E-state index contributed by atoms with van der Waals surface area (Å²) in [5.74, 6) is 0. The van der Waals surface area contributed by atoms with Crippen LogP contribution in [0.3, 0.4) is 0 Å². The topological polar surface area (TPSA) is 29.1 Å². The third-order valence-corrected chi connectivity index (χ3v) is 2.18. The zero-order valence-corrected chi connectivity index (χ0v) is 5.84. The molecule has 0 spiro atoms. The zero-order chi connectivity index (χ0) is 5.82. The molecule has 0 aromatic carbocycles. The molecule has 1 amide bonds. The van der Waals surface area contributed by atoms with Crippen LogP contribution in [0.4, 0.5) is 5.69 Å². The maximum absolute atomic E-state index is 9.78. The van der Waals surface area contributed by atoms with Crippen LogP contribution in [0.15, 0.2) is 15.9 Å². The van der Waals surface area contributed by atoms with Crippen LogP contribution in [0.25, 0.3) is 0 Å². The Morgan fingerprint density at radius 2 is 2.62 bits per heavy atom. The number of amides is 1. The number of carbonyl (C=O) groups is 1. The van der Waals surface area contributed by atoms with Gasteiger partial charge >= 0.3 is 52.7 Å². The second-order valence-corrected chi connectivity index (χ2v) is 2.91. The first-order chi connectivity index (χ1) is 3.93. The molecule has 0 aliphatic carbocycles. The molecule has 0 radical (unpaired) electrons. The molecule has 0 aliphatic heterocycles. The van der Waals surface area contributed by atoms with E-state index < -0.39 is 0 Å². The van der Waals surface area contributed by atoms with E-state index in [9.17, 15) is 4.79 Å². The molecular weight excluding hydrogens is 169 g/mol. The normalized spacial score (nSPS) is 8.50. The van der Waals surface area contributed by atoms with Gasteiger partial charge in [-0.2, -0.15) is 0 Å². The van der Waals surface area contributed by atoms with E-state index in [1.54, 1.807) is 0 Å². The van der Waals surface area contributed by atoms with Crippen molar-refractivity contribution in [2.75, 3.05) is 5.32 Å². The van der Waals surface area contributed by atoms with Crippen LogP contribution in [0, 0.1) is 0 Å². The van der Waals surface area contributed by atoms with Crippen molar-refractivity contribution in [2.45, 2.75) is 0 Å². The SMILES string of the molecule is O=CNc1cc[se]c1.